The first-order chi connectivity index (χ1) is 16.0. The van der Waals surface area contributed by atoms with Crippen LogP contribution in [0.3, 0.4) is 0 Å². The molecule has 1 aromatic carbocycles. The predicted molar refractivity (Wildman–Crippen MR) is 134 cm³/mol. The molecule has 4 rings (SSSR count). The Balaban J connectivity index is 1.35. The number of amides is 3. The van der Waals surface area contributed by atoms with E-state index in [1.165, 1.54) is 16.6 Å². The van der Waals surface area contributed by atoms with Gasteiger partial charge in [0.1, 0.15) is 5.25 Å². The summed E-state index contributed by atoms with van der Waals surface area (Å²) in [7, 11) is 0. The van der Waals surface area contributed by atoms with Crippen molar-refractivity contribution in [3.8, 4) is 0 Å². The van der Waals surface area contributed by atoms with Crippen molar-refractivity contribution in [1.29, 1.82) is 0 Å². The summed E-state index contributed by atoms with van der Waals surface area (Å²) >= 11 is 2.99. The first-order valence-electron chi connectivity index (χ1n) is 11.3. The molecule has 33 heavy (non-hydrogen) atoms. The molecular weight excluding hydrogens is 456 g/mol. The van der Waals surface area contributed by atoms with Gasteiger partial charge in [0.05, 0.1) is 6.04 Å². The molecule has 1 aliphatic carbocycles. The first kappa shape index (κ1) is 23.5. The monoisotopic (exact) mass is 484 g/mol. The number of benzene rings is 1. The van der Waals surface area contributed by atoms with E-state index in [1.54, 1.807) is 35.6 Å². The second kappa shape index (κ2) is 10.5. The highest BCUT2D eigenvalue weighted by molar-refractivity contribution is 8.15. The average molecular weight is 485 g/mol. The zero-order valence-corrected chi connectivity index (χ0v) is 20.4. The molecule has 2 atom stereocenters. The van der Waals surface area contributed by atoms with E-state index in [1.807, 2.05) is 30.2 Å². The maximum Gasteiger partial charge on any atom is 0.262 e. The maximum absolute atomic E-state index is 12.9. The highest BCUT2D eigenvalue weighted by atomic mass is 32.2. The van der Waals surface area contributed by atoms with Crippen LogP contribution in [-0.4, -0.2) is 46.1 Å². The smallest absolute Gasteiger partial charge is 0.262 e. The molecule has 174 valence electrons. The van der Waals surface area contributed by atoms with Crippen molar-refractivity contribution < 1.29 is 14.4 Å². The minimum atomic E-state index is -0.517. The zero-order chi connectivity index (χ0) is 23.4. The van der Waals surface area contributed by atoms with Crippen molar-refractivity contribution in [2.45, 2.75) is 44.4 Å². The van der Waals surface area contributed by atoms with Crippen molar-refractivity contribution >= 4 is 51.7 Å². The summed E-state index contributed by atoms with van der Waals surface area (Å²) in [6.45, 7) is 5.54. The largest absolute Gasteiger partial charge is 0.352 e. The Morgan fingerprint density at radius 2 is 1.97 bits per heavy atom. The Morgan fingerprint density at radius 1 is 1.18 bits per heavy atom. The number of carbonyl (C=O) groups excluding carboxylic acids is 3. The van der Waals surface area contributed by atoms with Crippen LogP contribution in [0.15, 0.2) is 46.8 Å². The summed E-state index contributed by atoms with van der Waals surface area (Å²) in [5.74, 6) is -0.218. The lowest BCUT2D eigenvalue weighted by atomic mass is 10.1. The number of rotatable bonds is 9. The van der Waals surface area contributed by atoms with Crippen LogP contribution in [0.2, 0.25) is 0 Å². The Bertz CT molecular complexity index is 1050. The van der Waals surface area contributed by atoms with E-state index in [0.717, 1.165) is 25.9 Å². The van der Waals surface area contributed by atoms with E-state index in [2.05, 4.69) is 21.7 Å². The van der Waals surface area contributed by atoms with Crippen LogP contribution in [-0.2, 0) is 9.59 Å². The lowest BCUT2D eigenvalue weighted by Crippen LogP contribution is -2.29. The summed E-state index contributed by atoms with van der Waals surface area (Å²) in [5, 5.41) is 8.17. The molecule has 0 radical (unpaired) electrons. The third kappa shape index (κ3) is 5.83. The highest BCUT2D eigenvalue weighted by Gasteiger charge is 2.34. The minimum Gasteiger partial charge on any atom is -0.352 e. The van der Waals surface area contributed by atoms with Crippen LogP contribution in [0.5, 0.6) is 0 Å². The fraction of sp³-hybridized carbons (Fsp3) is 0.417. The van der Waals surface area contributed by atoms with Gasteiger partial charge in [-0.2, -0.15) is 4.99 Å². The molecule has 2 aromatic rings. The minimum absolute atomic E-state index is 0.0288. The van der Waals surface area contributed by atoms with Gasteiger partial charge in [0.15, 0.2) is 5.17 Å². The molecule has 9 heteroatoms. The van der Waals surface area contributed by atoms with Crippen molar-refractivity contribution in [3.63, 3.8) is 0 Å². The van der Waals surface area contributed by atoms with E-state index in [-0.39, 0.29) is 30.2 Å². The quantitative estimate of drug-likeness (QED) is 0.554. The number of thiophene rings is 1. The predicted octanol–water partition coefficient (Wildman–Crippen LogP) is 4.30. The molecule has 2 aliphatic rings. The van der Waals surface area contributed by atoms with Crippen molar-refractivity contribution in [1.82, 2.24) is 10.2 Å². The Morgan fingerprint density at radius 3 is 2.64 bits per heavy atom. The number of hydrogen-bond donors (Lipinski definition) is 2. The lowest BCUT2D eigenvalue weighted by molar-refractivity contribution is -0.121. The van der Waals surface area contributed by atoms with Gasteiger partial charge in [0.2, 0.25) is 5.91 Å². The Hall–Kier alpha value is -2.65. The standard InChI is InChI=1S/C24H28N4O3S2/c1-3-28(4-2)24-27-23(31)19(33-24)14-20(29)25-17-8-5-7-16(13-17)22(30)26-21(15-10-11-15)18-9-6-12-32-18/h5-9,12-13,15,19,21H,3-4,10-11,14H2,1-2H3,(H,25,29)(H,26,30)/t19-,21+/m0/s1. The second-order valence-electron chi connectivity index (χ2n) is 8.15. The second-order valence-corrected chi connectivity index (χ2v) is 10.3. The van der Waals surface area contributed by atoms with Gasteiger partial charge in [-0.3, -0.25) is 14.4 Å². The summed E-state index contributed by atoms with van der Waals surface area (Å²) in [5.41, 5.74) is 1.03. The summed E-state index contributed by atoms with van der Waals surface area (Å²) < 4.78 is 0. The van der Waals surface area contributed by atoms with Gasteiger partial charge >= 0.3 is 0 Å². The summed E-state index contributed by atoms with van der Waals surface area (Å²) in [4.78, 5) is 45.0. The molecule has 0 spiro atoms. The Kier molecular flexibility index (Phi) is 7.49. The number of nitrogens with zero attached hydrogens (tertiary/aromatic N) is 2. The fourth-order valence-electron chi connectivity index (χ4n) is 3.80. The Labute approximate surface area is 202 Å². The van der Waals surface area contributed by atoms with E-state index < -0.39 is 5.25 Å². The molecule has 2 heterocycles. The molecular formula is C24H28N4O3S2. The fourth-order valence-corrected chi connectivity index (χ4v) is 5.86. The third-order valence-corrected chi connectivity index (χ3v) is 7.94. The number of carbonyl (C=O) groups is 3. The zero-order valence-electron chi connectivity index (χ0n) is 18.7. The van der Waals surface area contributed by atoms with E-state index in [9.17, 15) is 14.4 Å². The number of nitrogens with one attached hydrogen (secondary N) is 2. The molecule has 1 saturated carbocycles. The van der Waals surface area contributed by atoms with Crippen LogP contribution in [0, 0.1) is 5.92 Å². The van der Waals surface area contributed by atoms with E-state index in [4.69, 9.17) is 0 Å². The topological polar surface area (TPSA) is 90.9 Å². The van der Waals surface area contributed by atoms with Crippen molar-refractivity contribution in [2.75, 3.05) is 18.4 Å². The van der Waals surface area contributed by atoms with E-state index in [0.29, 0.717) is 22.3 Å². The van der Waals surface area contributed by atoms with Gasteiger partial charge < -0.3 is 15.5 Å². The molecule has 1 aromatic heterocycles. The van der Waals surface area contributed by atoms with Crippen LogP contribution < -0.4 is 10.6 Å². The number of amidine groups is 1. The molecule has 0 bridgehead atoms. The summed E-state index contributed by atoms with van der Waals surface area (Å²) in [6, 6.07) is 11.0. The third-order valence-electron chi connectivity index (χ3n) is 5.77. The number of aliphatic imine (C=N–C) groups is 1. The molecule has 0 unspecified atom stereocenters. The molecule has 1 aliphatic heterocycles. The van der Waals surface area contributed by atoms with Crippen LogP contribution >= 0.6 is 23.1 Å². The SMILES string of the molecule is CCN(CC)C1=NC(=O)[C@H](CC(=O)Nc2cccc(C(=O)N[C@@H](c3cccs3)C3CC3)c2)S1. The van der Waals surface area contributed by atoms with Gasteiger partial charge in [-0.05, 0) is 62.3 Å². The van der Waals surface area contributed by atoms with Gasteiger partial charge in [-0.1, -0.05) is 23.9 Å². The molecule has 3 amide bonds. The molecule has 0 saturated heterocycles. The van der Waals surface area contributed by atoms with Gasteiger partial charge in [0, 0.05) is 35.6 Å². The van der Waals surface area contributed by atoms with Crippen LogP contribution in [0.4, 0.5) is 5.69 Å². The normalized spacial score (nSPS) is 18.5. The molecule has 1 fully saturated rings. The average Bonchev–Trinajstić information content (AvgIpc) is 3.38. The molecule has 2 N–H and O–H groups in total. The van der Waals surface area contributed by atoms with Gasteiger partial charge in [0.25, 0.3) is 11.8 Å². The van der Waals surface area contributed by atoms with Crippen molar-refractivity contribution in [3.05, 3.63) is 52.2 Å². The van der Waals surface area contributed by atoms with Gasteiger partial charge in [-0.25, -0.2) is 0 Å². The van der Waals surface area contributed by atoms with E-state index >= 15 is 0 Å². The van der Waals surface area contributed by atoms with Gasteiger partial charge in [-0.15, -0.1) is 11.3 Å². The van der Waals surface area contributed by atoms with Crippen LogP contribution in [0.25, 0.3) is 0 Å². The first-order valence-corrected chi connectivity index (χ1v) is 13.0. The number of hydrogen-bond acceptors (Lipinski definition) is 6. The maximum atomic E-state index is 12.9. The summed E-state index contributed by atoms with van der Waals surface area (Å²) in [6.07, 6.45) is 2.28. The van der Waals surface area contributed by atoms with Crippen LogP contribution in [0.1, 0.15) is 54.4 Å². The lowest BCUT2D eigenvalue weighted by Gasteiger charge is -2.19. The molecule has 7 nitrogen and oxygen atoms in total. The van der Waals surface area contributed by atoms with Crippen molar-refractivity contribution in [2.24, 2.45) is 10.9 Å². The number of anilines is 1. The number of thioether (sulfide) groups is 1. The highest BCUT2D eigenvalue weighted by Crippen LogP contribution is 2.42.